The number of piperidine rings is 1. The molecule has 1 fully saturated rings. The van der Waals surface area contributed by atoms with Gasteiger partial charge in [-0.2, -0.15) is 0 Å². The molecular formula is C14H28N2O. The minimum absolute atomic E-state index is 0.239. The van der Waals surface area contributed by atoms with Gasteiger partial charge in [-0.25, -0.2) is 0 Å². The van der Waals surface area contributed by atoms with E-state index in [0.717, 1.165) is 25.9 Å². The number of hydrogen-bond donors (Lipinski definition) is 1. The van der Waals surface area contributed by atoms with Crippen LogP contribution in [0, 0.1) is 5.41 Å². The van der Waals surface area contributed by atoms with E-state index in [4.69, 9.17) is 0 Å². The molecule has 1 aliphatic rings. The molecule has 17 heavy (non-hydrogen) atoms. The summed E-state index contributed by atoms with van der Waals surface area (Å²) in [7, 11) is 0. The van der Waals surface area contributed by atoms with Gasteiger partial charge in [-0.05, 0) is 26.2 Å². The van der Waals surface area contributed by atoms with Gasteiger partial charge < -0.3 is 10.2 Å². The summed E-state index contributed by atoms with van der Waals surface area (Å²) in [4.78, 5) is 14.1. The molecule has 1 unspecified atom stereocenters. The van der Waals surface area contributed by atoms with Crippen LogP contribution in [0.15, 0.2) is 0 Å². The molecule has 0 aromatic carbocycles. The normalized spacial score (nSPS) is 20.4. The van der Waals surface area contributed by atoms with Crippen LogP contribution in [0.5, 0.6) is 0 Å². The van der Waals surface area contributed by atoms with E-state index in [-0.39, 0.29) is 5.41 Å². The van der Waals surface area contributed by atoms with Crippen molar-refractivity contribution in [3.63, 3.8) is 0 Å². The Hall–Kier alpha value is -0.570. The molecule has 1 saturated heterocycles. The number of likely N-dealkylation sites (tertiary alicyclic amines) is 1. The first-order valence-electron chi connectivity index (χ1n) is 6.90. The summed E-state index contributed by atoms with van der Waals surface area (Å²) < 4.78 is 0. The van der Waals surface area contributed by atoms with E-state index < -0.39 is 0 Å². The molecule has 1 heterocycles. The van der Waals surface area contributed by atoms with Gasteiger partial charge in [0.25, 0.3) is 0 Å². The largest absolute Gasteiger partial charge is 0.342 e. The van der Waals surface area contributed by atoms with E-state index in [1.54, 1.807) is 0 Å². The van der Waals surface area contributed by atoms with Gasteiger partial charge in [0.2, 0.25) is 5.91 Å². The zero-order valence-corrected chi connectivity index (χ0v) is 12.0. The smallest absolute Gasteiger partial charge is 0.227 e. The van der Waals surface area contributed by atoms with Gasteiger partial charge >= 0.3 is 0 Å². The lowest BCUT2D eigenvalue weighted by molar-refractivity contribution is -0.140. The fraction of sp³-hybridized carbons (Fsp3) is 0.929. The monoisotopic (exact) mass is 240 g/mol. The van der Waals surface area contributed by atoms with Gasteiger partial charge in [-0.1, -0.05) is 27.7 Å². The van der Waals surface area contributed by atoms with Gasteiger partial charge in [0.15, 0.2) is 0 Å². The summed E-state index contributed by atoms with van der Waals surface area (Å²) in [5.41, 5.74) is -0.239. The number of amides is 1. The Morgan fingerprint density at radius 2 is 1.88 bits per heavy atom. The third-order valence-electron chi connectivity index (χ3n) is 3.56. The van der Waals surface area contributed by atoms with Crippen molar-refractivity contribution >= 4 is 5.91 Å². The second-order valence-corrected chi connectivity index (χ2v) is 6.29. The SMILES string of the molecule is CCC(C)NC1CCN(C(=O)C(C)(C)C)CC1. The Morgan fingerprint density at radius 3 is 2.29 bits per heavy atom. The van der Waals surface area contributed by atoms with Crippen molar-refractivity contribution in [2.24, 2.45) is 5.41 Å². The fourth-order valence-corrected chi connectivity index (χ4v) is 2.24. The van der Waals surface area contributed by atoms with Gasteiger partial charge in [0.05, 0.1) is 0 Å². The first-order valence-corrected chi connectivity index (χ1v) is 6.90. The highest BCUT2D eigenvalue weighted by atomic mass is 16.2. The van der Waals surface area contributed by atoms with Gasteiger partial charge in [0, 0.05) is 30.6 Å². The number of rotatable bonds is 3. The standard InChI is InChI=1S/C14H28N2O/c1-6-11(2)15-12-7-9-16(10-8-12)13(17)14(3,4)5/h11-12,15H,6-10H2,1-5H3. The Labute approximate surface area is 106 Å². The quantitative estimate of drug-likeness (QED) is 0.821. The molecule has 1 atom stereocenters. The van der Waals surface area contributed by atoms with Crippen LogP contribution in [-0.4, -0.2) is 36.0 Å². The van der Waals surface area contributed by atoms with Gasteiger partial charge in [-0.3, -0.25) is 4.79 Å². The van der Waals surface area contributed by atoms with E-state index in [9.17, 15) is 4.79 Å². The second kappa shape index (κ2) is 5.85. The molecule has 3 nitrogen and oxygen atoms in total. The van der Waals surface area contributed by atoms with Crippen molar-refractivity contribution in [1.29, 1.82) is 0 Å². The average Bonchev–Trinajstić information content (AvgIpc) is 2.27. The predicted octanol–water partition coefficient (Wildman–Crippen LogP) is 2.41. The number of nitrogens with zero attached hydrogens (tertiary/aromatic N) is 1. The Bertz CT molecular complexity index is 249. The molecule has 100 valence electrons. The van der Waals surface area contributed by atoms with Gasteiger partial charge in [-0.15, -0.1) is 0 Å². The summed E-state index contributed by atoms with van der Waals surface area (Å²) >= 11 is 0. The Balaban J connectivity index is 2.38. The van der Waals surface area contributed by atoms with Crippen LogP contribution in [-0.2, 0) is 4.79 Å². The summed E-state index contributed by atoms with van der Waals surface area (Å²) in [5, 5.41) is 3.63. The molecule has 0 bridgehead atoms. The summed E-state index contributed by atoms with van der Waals surface area (Å²) in [6.45, 7) is 12.2. The van der Waals surface area contributed by atoms with Crippen molar-refractivity contribution < 1.29 is 4.79 Å². The molecule has 0 saturated carbocycles. The lowest BCUT2D eigenvalue weighted by atomic mass is 9.93. The molecule has 3 heteroatoms. The van der Waals surface area contributed by atoms with Crippen LogP contribution >= 0.6 is 0 Å². The number of carbonyl (C=O) groups excluding carboxylic acids is 1. The van der Waals surface area contributed by atoms with E-state index >= 15 is 0 Å². The topological polar surface area (TPSA) is 32.3 Å². The molecule has 0 spiro atoms. The van der Waals surface area contributed by atoms with Crippen LogP contribution in [0.3, 0.4) is 0 Å². The minimum atomic E-state index is -0.239. The summed E-state index contributed by atoms with van der Waals surface area (Å²) in [5.74, 6) is 0.291. The molecule has 1 amide bonds. The molecule has 0 aliphatic carbocycles. The Kier molecular flexibility index (Phi) is 4.99. The first-order chi connectivity index (χ1) is 7.84. The highest BCUT2D eigenvalue weighted by Crippen LogP contribution is 2.21. The number of hydrogen-bond acceptors (Lipinski definition) is 2. The van der Waals surface area contributed by atoms with Crippen LogP contribution in [0.4, 0.5) is 0 Å². The van der Waals surface area contributed by atoms with Gasteiger partial charge in [0.1, 0.15) is 0 Å². The van der Waals surface area contributed by atoms with E-state index in [1.165, 1.54) is 6.42 Å². The summed E-state index contributed by atoms with van der Waals surface area (Å²) in [6.07, 6.45) is 3.35. The van der Waals surface area contributed by atoms with E-state index in [2.05, 4.69) is 19.2 Å². The van der Waals surface area contributed by atoms with Crippen molar-refractivity contribution in [3.05, 3.63) is 0 Å². The molecule has 1 rings (SSSR count). The number of carbonyl (C=O) groups is 1. The third-order valence-corrected chi connectivity index (χ3v) is 3.56. The highest BCUT2D eigenvalue weighted by Gasteiger charge is 2.30. The molecule has 0 radical (unpaired) electrons. The molecule has 0 aromatic rings. The Morgan fingerprint density at radius 1 is 1.35 bits per heavy atom. The average molecular weight is 240 g/mol. The lowest BCUT2D eigenvalue weighted by Gasteiger charge is -2.36. The predicted molar refractivity (Wildman–Crippen MR) is 71.9 cm³/mol. The van der Waals surface area contributed by atoms with Crippen LogP contribution < -0.4 is 5.32 Å². The number of nitrogens with one attached hydrogen (secondary N) is 1. The van der Waals surface area contributed by atoms with Crippen molar-refractivity contribution in [3.8, 4) is 0 Å². The molecular weight excluding hydrogens is 212 g/mol. The maximum Gasteiger partial charge on any atom is 0.227 e. The van der Waals surface area contributed by atoms with Crippen molar-refractivity contribution in [1.82, 2.24) is 10.2 Å². The van der Waals surface area contributed by atoms with E-state index in [1.807, 2.05) is 25.7 Å². The maximum atomic E-state index is 12.1. The minimum Gasteiger partial charge on any atom is -0.342 e. The summed E-state index contributed by atoms with van der Waals surface area (Å²) in [6, 6.07) is 1.18. The van der Waals surface area contributed by atoms with Crippen molar-refractivity contribution in [2.75, 3.05) is 13.1 Å². The first kappa shape index (κ1) is 14.5. The fourth-order valence-electron chi connectivity index (χ4n) is 2.24. The third kappa shape index (κ3) is 4.30. The van der Waals surface area contributed by atoms with Crippen LogP contribution in [0.1, 0.15) is 53.9 Å². The van der Waals surface area contributed by atoms with Crippen LogP contribution in [0.2, 0.25) is 0 Å². The van der Waals surface area contributed by atoms with E-state index in [0.29, 0.717) is 18.0 Å². The lowest BCUT2D eigenvalue weighted by Crippen LogP contribution is -2.49. The molecule has 1 aliphatic heterocycles. The molecule has 1 N–H and O–H groups in total. The highest BCUT2D eigenvalue weighted by molar-refractivity contribution is 5.81. The molecule has 0 aromatic heterocycles. The van der Waals surface area contributed by atoms with Crippen molar-refractivity contribution in [2.45, 2.75) is 66.0 Å². The zero-order chi connectivity index (χ0) is 13.1. The maximum absolute atomic E-state index is 12.1. The van der Waals surface area contributed by atoms with Crippen LogP contribution in [0.25, 0.3) is 0 Å². The zero-order valence-electron chi connectivity index (χ0n) is 12.0. The second-order valence-electron chi connectivity index (χ2n) is 6.29.